The van der Waals surface area contributed by atoms with Crippen molar-refractivity contribution in [3.63, 3.8) is 0 Å². The molecule has 0 spiro atoms. The minimum Gasteiger partial charge on any atom is -0.497 e. The van der Waals surface area contributed by atoms with E-state index in [1.165, 1.54) is 0 Å². The van der Waals surface area contributed by atoms with Crippen LogP contribution in [0.15, 0.2) is 61.1 Å². The van der Waals surface area contributed by atoms with Gasteiger partial charge in [0.05, 0.1) is 37.1 Å². The maximum absolute atomic E-state index is 11.4. The lowest BCUT2D eigenvalue weighted by molar-refractivity contribution is 0.0113. The van der Waals surface area contributed by atoms with Gasteiger partial charge in [-0.05, 0) is 42.7 Å². The fourth-order valence-corrected chi connectivity index (χ4v) is 4.30. The number of fused-ring (bicyclic) bond motifs is 1. The maximum Gasteiger partial charge on any atom is 0.168 e. The SMILES string of the molecule is COc1cc(OC)cc(C2(O)CCN(c3ncnc4c3cnn4-c3ccccc3)CC2)c1. The van der Waals surface area contributed by atoms with Crippen LogP contribution in [-0.4, -0.2) is 52.2 Å². The zero-order valence-electron chi connectivity index (χ0n) is 18.1. The largest absolute Gasteiger partial charge is 0.497 e. The van der Waals surface area contributed by atoms with E-state index in [1.54, 1.807) is 20.5 Å². The predicted molar refractivity (Wildman–Crippen MR) is 122 cm³/mol. The van der Waals surface area contributed by atoms with Crippen LogP contribution in [0.3, 0.4) is 0 Å². The Morgan fingerprint density at radius 3 is 2.28 bits per heavy atom. The van der Waals surface area contributed by atoms with Gasteiger partial charge in [-0.3, -0.25) is 0 Å². The highest BCUT2D eigenvalue weighted by atomic mass is 16.5. The van der Waals surface area contributed by atoms with Crippen LogP contribution in [0.25, 0.3) is 16.7 Å². The molecule has 1 aliphatic rings. The van der Waals surface area contributed by atoms with E-state index in [0.717, 1.165) is 28.1 Å². The lowest BCUT2D eigenvalue weighted by Gasteiger charge is -2.39. The van der Waals surface area contributed by atoms with E-state index in [0.29, 0.717) is 37.4 Å². The molecule has 0 aliphatic carbocycles. The maximum atomic E-state index is 11.4. The van der Waals surface area contributed by atoms with Crippen LogP contribution in [0, 0.1) is 0 Å². The number of rotatable bonds is 5. The lowest BCUT2D eigenvalue weighted by atomic mass is 9.84. The second-order valence-corrected chi connectivity index (χ2v) is 7.95. The number of ether oxygens (including phenoxy) is 2. The summed E-state index contributed by atoms with van der Waals surface area (Å²) < 4.78 is 12.6. The van der Waals surface area contributed by atoms with Gasteiger partial charge in [0.2, 0.25) is 0 Å². The Morgan fingerprint density at radius 2 is 1.62 bits per heavy atom. The molecule has 0 unspecified atom stereocenters. The van der Waals surface area contributed by atoms with Crippen molar-refractivity contribution in [2.24, 2.45) is 0 Å². The first kappa shape index (κ1) is 20.3. The molecule has 0 radical (unpaired) electrons. The zero-order valence-corrected chi connectivity index (χ0v) is 18.1. The van der Waals surface area contributed by atoms with Gasteiger partial charge in [0.1, 0.15) is 23.6 Å². The van der Waals surface area contributed by atoms with E-state index in [1.807, 2.05) is 59.4 Å². The summed E-state index contributed by atoms with van der Waals surface area (Å²) >= 11 is 0. The molecular weight excluding hydrogens is 406 g/mol. The highest BCUT2D eigenvalue weighted by Crippen LogP contribution is 2.38. The number of benzene rings is 2. The van der Waals surface area contributed by atoms with Crippen LogP contribution in [0.4, 0.5) is 5.82 Å². The number of nitrogens with zero attached hydrogens (tertiary/aromatic N) is 5. The quantitative estimate of drug-likeness (QED) is 0.519. The van der Waals surface area contributed by atoms with Gasteiger partial charge in [0.15, 0.2) is 5.65 Å². The average molecular weight is 431 g/mol. The first-order valence-electron chi connectivity index (χ1n) is 10.6. The first-order valence-corrected chi connectivity index (χ1v) is 10.6. The van der Waals surface area contributed by atoms with Crippen molar-refractivity contribution in [3.05, 3.63) is 66.6 Å². The number of aromatic nitrogens is 4. The van der Waals surface area contributed by atoms with Gasteiger partial charge in [-0.15, -0.1) is 0 Å². The Bertz CT molecular complexity index is 1210. The molecule has 2 aromatic heterocycles. The number of piperidine rings is 1. The third kappa shape index (κ3) is 3.52. The molecule has 0 saturated carbocycles. The third-order valence-electron chi connectivity index (χ3n) is 6.12. The van der Waals surface area contributed by atoms with Crippen molar-refractivity contribution in [1.82, 2.24) is 19.7 Å². The van der Waals surface area contributed by atoms with E-state index in [-0.39, 0.29) is 0 Å². The number of aliphatic hydroxyl groups is 1. The molecular formula is C24H25N5O3. The number of methoxy groups -OCH3 is 2. The Morgan fingerprint density at radius 1 is 0.938 bits per heavy atom. The molecule has 4 aromatic rings. The van der Waals surface area contributed by atoms with Crippen molar-refractivity contribution in [2.75, 3.05) is 32.2 Å². The lowest BCUT2D eigenvalue weighted by Crippen LogP contribution is -2.43. The predicted octanol–water partition coefficient (Wildman–Crippen LogP) is 3.32. The van der Waals surface area contributed by atoms with Crippen molar-refractivity contribution in [1.29, 1.82) is 0 Å². The molecule has 2 aromatic carbocycles. The number of hydrogen-bond acceptors (Lipinski definition) is 7. The van der Waals surface area contributed by atoms with Crippen LogP contribution in [0.5, 0.6) is 11.5 Å². The molecule has 3 heterocycles. The molecule has 164 valence electrons. The molecule has 1 N–H and O–H groups in total. The molecule has 0 bridgehead atoms. The van der Waals surface area contributed by atoms with Gasteiger partial charge in [0, 0.05) is 19.2 Å². The molecule has 8 nitrogen and oxygen atoms in total. The van der Waals surface area contributed by atoms with Gasteiger partial charge < -0.3 is 19.5 Å². The van der Waals surface area contributed by atoms with E-state index in [4.69, 9.17) is 9.47 Å². The molecule has 1 aliphatic heterocycles. The van der Waals surface area contributed by atoms with Crippen molar-refractivity contribution in [3.8, 4) is 17.2 Å². The molecule has 8 heteroatoms. The fourth-order valence-electron chi connectivity index (χ4n) is 4.30. The summed E-state index contributed by atoms with van der Waals surface area (Å²) in [5, 5.41) is 16.9. The van der Waals surface area contributed by atoms with Gasteiger partial charge in [-0.1, -0.05) is 18.2 Å². The Labute approximate surface area is 186 Å². The minimum atomic E-state index is -0.960. The highest BCUT2D eigenvalue weighted by Gasteiger charge is 2.35. The normalized spacial score (nSPS) is 15.7. The standard InChI is InChI=1S/C24H25N5O3/c1-31-19-12-17(13-20(14-19)32-2)24(30)8-10-28(11-9-24)22-21-15-27-29(23(21)26-16-25-22)18-6-4-3-5-7-18/h3-7,12-16,30H,8-11H2,1-2H3. The first-order chi connectivity index (χ1) is 15.6. The van der Waals surface area contributed by atoms with Gasteiger partial charge in [0.25, 0.3) is 0 Å². The van der Waals surface area contributed by atoms with Crippen LogP contribution in [-0.2, 0) is 5.60 Å². The topological polar surface area (TPSA) is 85.5 Å². The van der Waals surface area contributed by atoms with Crippen LogP contribution >= 0.6 is 0 Å². The zero-order chi connectivity index (χ0) is 22.1. The summed E-state index contributed by atoms with van der Waals surface area (Å²) in [7, 11) is 3.22. The monoisotopic (exact) mass is 431 g/mol. The Kier molecular flexibility index (Phi) is 5.14. The van der Waals surface area contributed by atoms with Crippen LogP contribution < -0.4 is 14.4 Å². The summed E-state index contributed by atoms with van der Waals surface area (Å²) in [5.74, 6) is 2.17. The Hall–Kier alpha value is -3.65. The number of para-hydroxylation sites is 1. The van der Waals surface area contributed by atoms with E-state index < -0.39 is 5.60 Å². The van der Waals surface area contributed by atoms with E-state index in [9.17, 15) is 5.11 Å². The van der Waals surface area contributed by atoms with E-state index >= 15 is 0 Å². The molecule has 0 amide bonds. The highest BCUT2D eigenvalue weighted by molar-refractivity contribution is 5.87. The van der Waals surface area contributed by atoms with Crippen molar-refractivity contribution >= 4 is 16.9 Å². The molecule has 5 rings (SSSR count). The van der Waals surface area contributed by atoms with Gasteiger partial charge >= 0.3 is 0 Å². The van der Waals surface area contributed by atoms with Crippen LogP contribution in [0.1, 0.15) is 18.4 Å². The van der Waals surface area contributed by atoms with E-state index in [2.05, 4.69) is 20.0 Å². The smallest absolute Gasteiger partial charge is 0.168 e. The van der Waals surface area contributed by atoms with Crippen LogP contribution in [0.2, 0.25) is 0 Å². The summed E-state index contributed by atoms with van der Waals surface area (Å²) in [6.45, 7) is 1.30. The third-order valence-corrected chi connectivity index (χ3v) is 6.12. The fraction of sp³-hybridized carbons (Fsp3) is 0.292. The number of hydrogen-bond donors (Lipinski definition) is 1. The summed E-state index contributed by atoms with van der Waals surface area (Å²) in [5.41, 5.74) is 1.56. The molecule has 0 atom stereocenters. The summed E-state index contributed by atoms with van der Waals surface area (Å²) in [6.07, 6.45) is 4.50. The second kappa shape index (κ2) is 8.12. The molecule has 1 saturated heterocycles. The van der Waals surface area contributed by atoms with Gasteiger partial charge in [-0.2, -0.15) is 5.10 Å². The minimum absolute atomic E-state index is 0.557. The average Bonchev–Trinajstić information content (AvgIpc) is 3.29. The van der Waals surface area contributed by atoms with Gasteiger partial charge in [-0.25, -0.2) is 14.6 Å². The number of anilines is 1. The van der Waals surface area contributed by atoms with Crippen molar-refractivity contribution in [2.45, 2.75) is 18.4 Å². The molecule has 1 fully saturated rings. The second-order valence-electron chi connectivity index (χ2n) is 7.95. The summed E-state index contributed by atoms with van der Waals surface area (Å²) in [6, 6.07) is 15.5. The van der Waals surface area contributed by atoms with Crippen molar-refractivity contribution < 1.29 is 14.6 Å². The summed E-state index contributed by atoms with van der Waals surface area (Å²) in [4.78, 5) is 11.2. The molecule has 32 heavy (non-hydrogen) atoms. The Balaban J connectivity index is 1.42.